The largest absolute Gasteiger partial charge is 0.478 e. The van der Waals surface area contributed by atoms with Gasteiger partial charge in [0.05, 0.1) is 29.4 Å². The highest BCUT2D eigenvalue weighted by Crippen LogP contribution is 2.44. The Labute approximate surface area is 264 Å². The first-order valence-electron chi connectivity index (χ1n) is 15.2. The van der Waals surface area contributed by atoms with Crippen molar-refractivity contribution in [2.24, 2.45) is 11.3 Å². The fourth-order valence-electron chi connectivity index (χ4n) is 6.01. The normalized spacial score (nSPS) is 17.2. The summed E-state index contributed by atoms with van der Waals surface area (Å²) in [5, 5.41) is 13.0. The van der Waals surface area contributed by atoms with Crippen LogP contribution >= 0.6 is 0 Å². The quantitative estimate of drug-likeness (QED) is 0.242. The summed E-state index contributed by atoms with van der Waals surface area (Å²) in [4.78, 5) is 20.2. The van der Waals surface area contributed by atoms with E-state index < -0.39 is 21.8 Å². The molecule has 1 aliphatic carbocycles. The third-order valence-corrected chi connectivity index (χ3v) is 9.38. The van der Waals surface area contributed by atoms with E-state index in [0.29, 0.717) is 31.4 Å². The van der Waals surface area contributed by atoms with E-state index in [0.717, 1.165) is 48.6 Å². The van der Waals surface area contributed by atoms with Crippen LogP contribution in [0.15, 0.2) is 53.4 Å². The van der Waals surface area contributed by atoms with E-state index in [4.69, 9.17) is 14.2 Å². The van der Waals surface area contributed by atoms with Crippen LogP contribution in [0.1, 0.15) is 61.5 Å². The van der Waals surface area contributed by atoms with E-state index in [1.54, 1.807) is 6.07 Å². The number of aromatic nitrogens is 2. The second kappa shape index (κ2) is 13.0. The van der Waals surface area contributed by atoms with Gasteiger partial charge in [0.15, 0.2) is 5.79 Å². The third kappa shape index (κ3) is 8.18. The van der Waals surface area contributed by atoms with Crippen molar-refractivity contribution >= 4 is 21.9 Å². The minimum absolute atomic E-state index is 0.00415. The van der Waals surface area contributed by atoms with Gasteiger partial charge in [-0.25, -0.2) is 22.9 Å². The van der Waals surface area contributed by atoms with Crippen LogP contribution in [0.5, 0.6) is 5.88 Å². The van der Waals surface area contributed by atoms with Gasteiger partial charge < -0.3 is 24.6 Å². The number of hydrogen-bond acceptors (Lipinski definition) is 9. The second-order valence-electron chi connectivity index (χ2n) is 13.2. The molecule has 2 heterocycles. The van der Waals surface area contributed by atoms with Crippen LogP contribution in [0.25, 0.3) is 11.3 Å². The number of hydrogen-bond donors (Lipinski definition) is 3. The van der Waals surface area contributed by atoms with Gasteiger partial charge in [0.1, 0.15) is 6.61 Å². The lowest BCUT2D eigenvalue weighted by molar-refractivity contribution is -0.229. The molecule has 5 rings (SSSR count). The van der Waals surface area contributed by atoms with E-state index in [9.17, 15) is 18.3 Å². The minimum Gasteiger partial charge on any atom is -0.478 e. The molecule has 2 aliphatic rings. The molecular weight excluding hydrogens is 596 g/mol. The van der Waals surface area contributed by atoms with Crippen LogP contribution in [-0.4, -0.2) is 67.7 Å². The molecule has 1 spiro atoms. The Hall–Kier alpha value is -3.58. The van der Waals surface area contributed by atoms with E-state index in [1.807, 2.05) is 32.0 Å². The first-order chi connectivity index (χ1) is 21.2. The molecule has 2 fully saturated rings. The number of nitrogens with one attached hydrogen (secondary N) is 2. The van der Waals surface area contributed by atoms with Crippen LogP contribution in [0.4, 0.5) is 5.95 Å². The Bertz CT molecular complexity index is 1620. The van der Waals surface area contributed by atoms with Gasteiger partial charge in [-0.15, -0.1) is 0 Å². The highest BCUT2D eigenvalue weighted by Gasteiger charge is 2.48. The number of nitrogens with zero attached hydrogens (tertiary/aromatic N) is 2. The summed E-state index contributed by atoms with van der Waals surface area (Å²) in [6.45, 7) is 12.9. The number of aryl methyl sites for hydroxylation is 2. The molecule has 0 unspecified atom stereocenters. The number of carboxylic acids is 1. The highest BCUT2D eigenvalue weighted by atomic mass is 32.2. The van der Waals surface area contributed by atoms with Crippen molar-refractivity contribution < 1.29 is 32.5 Å². The van der Waals surface area contributed by atoms with E-state index in [1.165, 1.54) is 18.2 Å². The van der Waals surface area contributed by atoms with Crippen molar-refractivity contribution in [1.82, 2.24) is 15.3 Å². The van der Waals surface area contributed by atoms with Crippen LogP contribution in [-0.2, 0) is 19.5 Å². The topological polar surface area (TPSA) is 149 Å². The molecule has 2 aromatic carbocycles. The Morgan fingerprint density at radius 1 is 1.07 bits per heavy atom. The Kier molecular flexibility index (Phi) is 9.50. The zero-order chi connectivity index (χ0) is 32.4. The van der Waals surface area contributed by atoms with E-state index >= 15 is 0 Å². The Morgan fingerprint density at radius 2 is 1.73 bits per heavy atom. The number of aromatic carboxylic acids is 1. The lowest BCUT2D eigenvalue weighted by Crippen LogP contribution is -2.50. The average molecular weight is 639 g/mol. The standard InChI is InChI=1S/C33H42N4O7S/c1-21-8-6-9-22(2)29(21)27-15-28(36-31(35-27)37-45(40,41)26-11-7-10-24(14-26)30(38)39)42-20-25(18-32(3,4)5)34-19-23-16-33(17-23)43-12-13-44-33/h6-11,14-15,23,25,34H,12-13,16-20H2,1-5H3,(H,38,39)(H,35,36,37)/t25-/m1/s1. The van der Waals surface area contributed by atoms with Crippen LogP contribution in [0, 0.1) is 25.2 Å². The zero-order valence-corrected chi connectivity index (χ0v) is 27.2. The summed E-state index contributed by atoms with van der Waals surface area (Å²) in [6.07, 6.45) is 2.58. The number of carboxylic acid groups (broad SMARTS) is 1. The number of ether oxygens (including phenoxy) is 3. The van der Waals surface area contributed by atoms with Crippen molar-refractivity contribution in [3.05, 3.63) is 65.2 Å². The highest BCUT2D eigenvalue weighted by molar-refractivity contribution is 7.92. The summed E-state index contributed by atoms with van der Waals surface area (Å²) in [7, 11) is -4.21. The molecule has 45 heavy (non-hydrogen) atoms. The molecule has 1 aliphatic heterocycles. The van der Waals surface area contributed by atoms with Crippen LogP contribution in [0.3, 0.4) is 0 Å². The fraction of sp³-hybridized carbons (Fsp3) is 0.485. The van der Waals surface area contributed by atoms with Gasteiger partial charge >= 0.3 is 5.97 Å². The molecule has 3 N–H and O–H groups in total. The van der Waals surface area contributed by atoms with Crippen molar-refractivity contribution in [3.63, 3.8) is 0 Å². The molecule has 1 aromatic heterocycles. The van der Waals surface area contributed by atoms with E-state index in [2.05, 4.69) is 40.8 Å². The fourth-order valence-corrected chi connectivity index (χ4v) is 7.00. The van der Waals surface area contributed by atoms with Crippen LogP contribution < -0.4 is 14.8 Å². The predicted octanol–water partition coefficient (Wildman–Crippen LogP) is 5.19. The number of anilines is 1. The molecule has 11 nitrogen and oxygen atoms in total. The Balaban J connectivity index is 1.38. The maximum Gasteiger partial charge on any atom is 0.335 e. The van der Waals surface area contributed by atoms with Crippen molar-refractivity contribution in [2.75, 3.05) is 31.1 Å². The summed E-state index contributed by atoms with van der Waals surface area (Å²) < 4.78 is 46.9. The molecule has 242 valence electrons. The first-order valence-corrected chi connectivity index (χ1v) is 16.7. The van der Waals surface area contributed by atoms with Gasteiger partial charge in [0.25, 0.3) is 10.0 Å². The lowest BCUT2D eigenvalue weighted by atomic mass is 9.78. The summed E-state index contributed by atoms with van der Waals surface area (Å²) in [5.74, 6) is -1.14. The summed E-state index contributed by atoms with van der Waals surface area (Å²) in [6, 6.07) is 12.7. The van der Waals surface area contributed by atoms with Gasteiger partial charge in [-0.1, -0.05) is 45.0 Å². The smallest absolute Gasteiger partial charge is 0.335 e. The van der Waals surface area contributed by atoms with Gasteiger partial charge in [0.2, 0.25) is 11.8 Å². The van der Waals surface area contributed by atoms with Gasteiger partial charge in [-0.3, -0.25) is 0 Å². The lowest BCUT2D eigenvalue weighted by Gasteiger charge is -2.43. The Morgan fingerprint density at radius 3 is 2.38 bits per heavy atom. The monoisotopic (exact) mass is 638 g/mol. The molecule has 1 saturated carbocycles. The molecule has 0 bridgehead atoms. The zero-order valence-electron chi connectivity index (χ0n) is 26.4. The SMILES string of the molecule is Cc1cccc(C)c1-c1cc(OC[C@@H](CC(C)(C)C)NCC2CC3(C2)OCCO3)nc(NS(=O)(=O)c2cccc(C(=O)O)c2)n1. The molecule has 0 amide bonds. The minimum atomic E-state index is -4.21. The molecule has 12 heteroatoms. The van der Waals surface area contributed by atoms with Crippen LogP contribution in [0.2, 0.25) is 0 Å². The van der Waals surface area contributed by atoms with Gasteiger partial charge in [0, 0.05) is 30.5 Å². The number of rotatable bonds is 12. The summed E-state index contributed by atoms with van der Waals surface area (Å²) in [5.41, 5.74) is 3.15. The van der Waals surface area contributed by atoms with Gasteiger partial charge in [-0.2, -0.15) is 4.98 Å². The van der Waals surface area contributed by atoms with E-state index in [-0.39, 0.29) is 33.7 Å². The molecule has 3 aromatic rings. The number of carbonyl (C=O) groups is 1. The number of sulfonamides is 1. The van der Waals surface area contributed by atoms with Gasteiger partial charge in [-0.05, 0) is 67.5 Å². The van der Waals surface area contributed by atoms with Crippen molar-refractivity contribution in [1.29, 1.82) is 0 Å². The molecular formula is C33H42N4O7S. The summed E-state index contributed by atoms with van der Waals surface area (Å²) >= 11 is 0. The molecule has 1 atom stereocenters. The molecule has 0 radical (unpaired) electrons. The predicted molar refractivity (Wildman–Crippen MR) is 170 cm³/mol. The first kappa shape index (κ1) is 32.8. The maximum absolute atomic E-state index is 13.3. The third-order valence-electron chi connectivity index (χ3n) is 8.06. The maximum atomic E-state index is 13.3. The van der Waals surface area contributed by atoms with Crippen molar-refractivity contribution in [3.8, 4) is 17.1 Å². The molecule has 1 saturated heterocycles. The number of benzene rings is 2. The second-order valence-corrected chi connectivity index (χ2v) is 14.9. The average Bonchev–Trinajstić information content (AvgIpc) is 3.43. The van der Waals surface area contributed by atoms with Crippen molar-refractivity contribution in [2.45, 2.75) is 70.6 Å².